The lowest BCUT2D eigenvalue weighted by Gasteiger charge is -2.31. The summed E-state index contributed by atoms with van der Waals surface area (Å²) in [5.74, 6) is -1.45. The highest BCUT2D eigenvalue weighted by Gasteiger charge is 2.42. The van der Waals surface area contributed by atoms with E-state index in [0.717, 1.165) is 16.7 Å². The fourth-order valence-corrected chi connectivity index (χ4v) is 3.82. The molecule has 11 heteroatoms. The monoisotopic (exact) mass is 565 g/mol. The van der Waals surface area contributed by atoms with Gasteiger partial charge in [-0.05, 0) is 43.7 Å². The van der Waals surface area contributed by atoms with Crippen molar-refractivity contribution in [1.29, 1.82) is 0 Å². The molecule has 188 valence electrons. The van der Waals surface area contributed by atoms with Gasteiger partial charge in [0.1, 0.15) is 11.3 Å². The van der Waals surface area contributed by atoms with E-state index in [2.05, 4.69) is 23.1 Å². The Morgan fingerprint density at radius 3 is 2.17 bits per heavy atom. The molecule has 0 radical (unpaired) electrons. The maximum absolute atomic E-state index is 12.8. The molecule has 0 aromatic heterocycles. The molecular formula is C25H22Cl3N3O4S. The van der Waals surface area contributed by atoms with Gasteiger partial charge in [-0.1, -0.05) is 95.1 Å². The van der Waals surface area contributed by atoms with Gasteiger partial charge in [-0.2, -0.15) is 0 Å². The number of benzene rings is 3. The summed E-state index contributed by atoms with van der Waals surface area (Å²) in [6.45, 7) is 3.88. The van der Waals surface area contributed by atoms with Gasteiger partial charge < -0.3 is 15.2 Å². The zero-order chi connectivity index (χ0) is 26.5. The van der Waals surface area contributed by atoms with E-state index < -0.39 is 27.8 Å². The van der Waals surface area contributed by atoms with E-state index in [1.54, 1.807) is 30.5 Å². The molecule has 0 heterocycles. The molecule has 0 spiro atoms. The van der Waals surface area contributed by atoms with Crippen LogP contribution in [0.4, 0.5) is 16.2 Å². The third-order valence-electron chi connectivity index (χ3n) is 4.87. The van der Waals surface area contributed by atoms with E-state index in [4.69, 9.17) is 39.5 Å². The van der Waals surface area contributed by atoms with Gasteiger partial charge in [-0.25, -0.2) is 13.9 Å². The minimum atomic E-state index is -2.25. The van der Waals surface area contributed by atoms with E-state index in [0.29, 0.717) is 15.7 Å². The number of aliphatic imine (C=N–C) groups is 1. The van der Waals surface area contributed by atoms with Crippen LogP contribution in [0.15, 0.2) is 71.7 Å². The Morgan fingerprint density at radius 1 is 1.03 bits per heavy atom. The third-order valence-corrected chi connectivity index (χ3v) is 5.82. The summed E-state index contributed by atoms with van der Waals surface area (Å²) in [5, 5.41) is 13.0. The number of rotatable bonds is 6. The van der Waals surface area contributed by atoms with Crippen LogP contribution < -0.4 is 5.32 Å². The molecule has 3 aromatic rings. The number of amides is 2. The van der Waals surface area contributed by atoms with Gasteiger partial charge in [-0.15, -0.1) is 0 Å². The van der Waals surface area contributed by atoms with Crippen molar-refractivity contribution in [3.63, 3.8) is 0 Å². The number of anilines is 1. The number of carbonyl (C=O) groups excluding carboxylic acids is 2. The molecule has 36 heavy (non-hydrogen) atoms. The highest BCUT2D eigenvalue weighted by molar-refractivity contribution is 7.78. The quantitative estimate of drug-likeness (QED) is 0.0986. The predicted molar refractivity (Wildman–Crippen MR) is 147 cm³/mol. The van der Waals surface area contributed by atoms with Crippen LogP contribution in [-0.4, -0.2) is 37.6 Å². The number of ether oxygens (including phenoxy) is 1. The van der Waals surface area contributed by atoms with Crippen molar-refractivity contribution in [3.8, 4) is 5.75 Å². The average Bonchev–Trinajstić information content (AvgIpc) is 2.82. The number of aryl methyl sites for hydroxylation is 2. The molecule has 2 amide bonds. The smallest absolute Gasteiger partial charge is 0.344 e. The zero-order valence-electron chi connectivity index (χ0n) is 19.2. The van der Waals surface area contributed by atoms with E-state index in [1.165, 1.54) is 18.2 Å². The van der Waals surface area contributed by atoms with Crippen LogP contribution in [0.2, 0.25) is 0 Å². The van der Waals surface area contributed by atoms with Crippen molar-refractivity contribution in [1.82, 2.24) is 4.31 Å². The summed E-state index contributed by atoms with van der Waals surface area (Å²) in [4.78, 5) is 29.7. The summed E-state index contributed by atoms with van der Waals surface area (Å²) in [5.41, 5.74) is 3.62. The van der Waals surface area contributed by atoms with Crippen LogP contribution in [0, 0.1) is 13.8 Å². The number of alkyl halides is 3. The van der Waals surface area contributed by atoms with E-state index in [1.807, 2.05) is 38.1 Å². The fourth-order valence-electron chi connectivity index (χ4n) is 2.92. The Bertz CT molecular complexity index is 1260. The first-order valence-corrected chi connectivity index (χ1v) is 12.0. The molecule has 0 saturated carbocycles. The van der Waals surface area contributed by atoms with Gasteiger partial charge in [0.15, 0.2) is 0 Å². The number of urea groups is 1. The normalized spacial score (nSPS) is 12.3. The second kappa shape index (κ2) is 11.9. The van der Waals surface area contributed by atoms with Crippen molar-refractivity contribution in [2.45, 2.75) is 23.9 Å². The van der Waals surface area contributed by atoms with Gasteiger partial charge in [0.05, 0.1) is 5.69 Å². The number of nitrogens with one attached hydrogen (secondary N) is 1. The highest BCUT2D eigenvalue weighted by Crippen LogP contribution is 2.36. The van der Waals surface area contributed by atoms with E-state index >= 15 is 0 Å². The Balaban J connectivity index is 1.73. The topological polar surface area (TPSA) is 91.2 Å². The number of halogens is 3. The van der Waals surface area contributed by atoms with Crippen molar-refractivity contribution < 1.29 is 19.4 Å². The summed E-state index contributed by atoms with van der Waals surface area (Å²) >= 11 is 22.0. The van der Waals surface area contributed by atoms with Crippen molar-refractivity contribution in [2.75, 3.05) is 5.32 Å². The summed E-state index contributed by atoms with van der Waals surface area (Å²) in [6.07, 6.45) is -0.112. The molecule has 0 aliphatic rings. The molecule has 3 rings (SSSR count). The van der Waals surface area contributed by atoms with Crippen LogP contribution in [0.5, 0.6) is 5.75 Å². The second-order valence-corrected chi connectivity index (χ2v) is 10.6. The molecule has 0 aliphatic heterocycles. The summed E-state index contributed by atoms with van der Waals surface area (Å²) in [6, 6.07) is 17.9. The molecule has 1 unspecified atom stereocenters. The molecule has 7 nitrogen and oxygen atoms in total. The summed E-state index contributed by atoms with van der Waals surface area (Å²) in [7, 11) is 0. The Hall–Kier alpha value is -2.91. The number of carbonyl (C=O) groups is 2. The lowest BCUT2D eigenvalue weighted by Crippen LogP contribution is -2.46. The van der Waals surface area contributed by atoms with E-state index in [9.17, 15) is 14.7 Å². The standard InChI is InChI=1S/C25H22Cl3N3O4S/c1-15-3-7-17(8-4-15)14-29-19-11-12-20(21(32)13-19)22(33)35-23(25(26,27)28)31(36)24(34)30-18-9-5-16(2)6-10-18/h3-14,23,32,36H,1-2H3,(H,30,34). The number of thiol groups is 1. The maximum atomic E-state index is 12.8. The Morgan fingerprint density at radius 2 is 1.61 bits per heavy atom. The Labute approximate surface area is 229 Å². The molecule has 1 atom stereocenters. The first-order valence-electron chi connectivity index (χ1n) is 10.5. The van der Waals surface area contributed by atoms with Crippen molar-refractivity contribution in [2.24, 2.45) is 4.99 Å². The lowest BCUT2D eigenvalue weighted by atomic mass is 10.1. The minimum Gasteiger partial charge on any atom is -0.507 e. The number of nitrogens with zero attached hydrogens (tertiary/aromatic N) is 2. The molecule has 3 aromatic carbocycles. The first kappa shape index (κ1) is 27.7. The predicted octanol–water partition coefficient (Wildman–Crippen LogP) is 6.99. The van der Waals surface area contributed by atoms with Crippen molar-refractivity contribution >= 4 is 77.2 Å². The fraction of sp³-hybridized carbons (Fsp3) is 0.160. The van der Waals surface area contributed by atoms with Crippen LogP contribution in [0.3, 0.4) is 0 Å². The molecule has 0 bridgehead atoms. The number of esters is 1. The van der Waals surface area contributed by atoms with Gasteiger partial charge >= 0.3 is 12.0 Å². The largest absolute Gasteiger partial charge is 0.507 e. The van der Waals surface area contributed by atoms with E-state index in [-0.39, 0.29) is 5.56 Å². The van der Waals surface area contributed by atoms with Gasteiger partial charge in [0.25, 0.3) is 0 Å². The van der Waals surface area contributed by atoms with Crippen LogP contribution in [0.1, 0.15) is 27.0 Å². The van der Waals surface area contributed by atoms with Gasteiger partial charge in [0, 0.05) is 18.0 Å². The molecule has 0 fully saturated rings. The number of hydrogen-bond acceptors (Lipinski definition) is 6. The maximum Gasteiger partial charge on any atom is 0.344 e. The number of phenols is 1. The zero-order valence-corrected chi connectivity index (χ0v) is 22.3. The lowest BCUT2D eigenvalue weighted by molar-refractivity contribution is 0.0103. The third kappa shape index (κ3) is 7.54. The molecule has 2 N–H and O–H groups in total. The van der Waals surface area contributed by atoms with Gasteiger partial charge in [0.2, 0.25) is 10.0 Å². The SMILES string of the molecule is Cc1ccc(C=Nc2ccc(C(=O)OC(N(S)C(=O)Nc3ccc(C)cc3)C(Cl)(Cl)Cl)c(O)c2)cc1. The van der Waals surface area contributed by atoms with Crippen LogP contribution in [0.25, 0.3) is 0 Å². The summed E-state index contributed by atoms with van der Waals surface area (Å²) < 4.78 is 3.64. The minimum absolute atomic E-state index is 0.218. The average molecular weight is 567 g/mol. The van der Waals surface area contributed by atoms with Crippen molar-refractivity contribution in [3.05, 3.63) is 89.0 Å². The number of phenolic OH excluding ortho intramolecular Hbond substituents is 1. The van der Waals surface area contributed by atoms with Crippen LogP contribution in [-0.2, 0) is 4.74 Å². The second-order valence-electron chi connectivity index (χ2n) is 7.81. The van der Waals surface area contributed by atoms with Crippen LogP contribution >= 0.6 is 47.6 Å². The molecule has 0 saturated heterocycles. The van der Waals surface area contributed by atoms with Gasteiger partial charge in [-0.3, -0.25) is 4.99 Å². The Kier molecular flexibility index (Phi) is 9.13. The molecular weight excluding hydrogens is 545 g/mol. The highest BCUT2D eigenvalue weighted by atomic mass is 35.6. The number of hydrogen-bond donors (Lipinski definition) is 3. The number of aromatic hydroxyl groups is 1. The molecule has 0 aliphatic carbocycles. The first-order chi connectivity index (χ1) is 16.9.